The van der Waals surface area contributed by atoms with Gasteiger partial charge in [0.25, 0.3) is 15.9 Å². The first-order valence-electron chi connectivity index (χ1n) is 13.9. The summed E-state index contributed by atoms with van der Waals surface area (Å²) >= 11 is 0. The minimum atomic E-state index is -4.30. The molecule has 0 atom stereocenters. The summed E-state index contributed by atoms with van der Waals surface area (Å²) in [7, 11) is -0.748. The Balaban J connectivity index is 1.73. The second-order valence-corrected chi connectivity index (χ2v) is 11.9. The zero-order valence-corrected chi connectivity index (χ0v) is 25.3. The van der Waals surface area contributed by atoms with Crippen LogP contribution in [0.1, 0.15) is 30.0 Å². The number of nitrogens with one attached hydrogen (secondary N) is 1. The van der Waals surface area contributed by atoms with Crippen molar-refractivity contribution in [3.8, 4) is 0 Å². The molecule has 220 valence electrons. The summed E-state index contributed by atoms with van der Waals surface area (Å²) in [6, 6.07) is 32.8. The molecule has 0 fully saturated rings. The van der Waals surface area contributed by atoms with Crippen molar-refractivity contribution >= 4 is 44.4 Å². The number of amides is 2. The topological polar surface area (TPSA) is 86.8 Å². The molecule has 0 aromatic heterocycles. The molecule has 0 aliphatic carbocycles. The second kappa shape index (κ2) is 13.9. The lowest BCUT2D eigenvalue weighted by Gasteiger charge is -2.22. The van der Waals surface area contributed by atoms with Crippen LogP contribution in [-0.2, 0) is 19.6 Å². The first-order chi connectivity index (χ1) is 20.6. The summed E-state index contributed by atoms with van der Waals surface area (Å²) in [4.78, 5) is 26.7. The molecule has 0 saturated heterocycles. The first-order valence-corrected chi connectivity index (χ1v) is 15.3. The quantitative estimate of drug-likeness (QED) is 0.159. The average molecular weight is 594 g/mol. The summed E-state index contributed by atoms with van der Waals surface area (Å²) in [5.74, 6) is -1.01. The van der Waals surface area contributed by atoms with Crippen LogP contribution in [0.25, 0.3) is 11.1 Å². The lowest BCUT2D eigenvalue weighted by Crippen LogP contribution is -2.35. The lowest BCUT2D eigenvalue weighted by atomic mass is 9.88. The molecule has 2 amide bonds. The molecule has 0 unspecified atom stereocenters. The molecule has 0 aliphatic rings. The largest absolute Gasteiger partial charge is 0.325 e. The first kappa shape index (κ1) is 31.2. The Kier molecular flexibility index (Phi) is 10.1. The summed E-state index contributed by atoms with van der Waals surface area (Å²) in [6.07, 6.45) is 1.75. The molecule has 4 aromatic rings. The smallest absolute Gasteiger partial charge is 0.271 e. The fraction of sp³-hybridized carbons (Fsp3) is 0.143. The summed E-state index contributed by atoms with van der Waals surface area (Å²) in [5.41, 5.74) is 5.81. The highest BCUT2D eigenvalue weighted by Gasteiger charge is 2.30. The van der Waals surface area contributed by atoms with Gasteiger partial charge in [-0.05, 0) is 90.8 Å². The van der Waals surface area contributed by atoms with Crippen LogP contribution in [0.5, 0.6) is 0 Å². The lowest BCUT2D eigenvalue weighted by molar-refractivity contribution is -0.116. The predicted octanol–water partition coefficient (Wildman–Crippen LogP) is 6.46. The van der Waals surface area contributed by atoms with Gasteiger partial charge in [-0.25, -0.2) is 8.42 Å². The molecule has 0 bridgehead atoms. The molecular weight excluding hydrogens is 558 g/mol. The van der Waals surface area contributed by atoms with Gasteiger partial charge in [0.05, 0.1) is 17.1 Å². The fourth-order valence-corrected chi connectivity index (χ4v) is 6.22. The van der Waals surface area contributed by atoms with Crippen molar-refractivity contribution in [2.75, 3.05) is 30.3 Å². The number of rotatable bonds is 11. The maximum atomic E-state index is 13.7. The van der Waals surface area contributed by atoms with Crippen molar-refractivity contribution in [3.05, 3.63) is 139 Å². The van der Waals surface area contributed by atoms with E-state index in [1.54, 1.807) is 31.1 Å². The van der Waals surface area contributed by atoms with Crippen LogP contribution < -0.4 is 9.62 Å². The van der Waals surface area contributed by atoms with Crippen LogP contribution in [0.2, 0.25) is 0 Å². The minimum Gasteiger partial charge on any atom is -0.325 e. The third-order valence-electron chi connectivity index (χ3n) is 6.74. The number of benzene rings is 4. The highest BCUT2D eigenvalue weighted by atomic mass is 32.2. The van der Waals surface area contributed by atoms with Gasteiger partial charge in [-0.3, -0.25) is 9.59 Å². The van der Waals surface area contributed by atoms with Crippen molar-refractivity contribution in [1.29, 1.82) is 0 Å². The molecule has 8 heteroatoms. The van der Waals surface area contributed by atoms with E-state index in [1.807, 2.05) is 60.7 Å². The molecule has 4 aromatic carbocycles. The molecule has 4 rings (SSSR count). The number of sulfonamides is 1. The molecule has 0 saturated carbocycles. The Morgan fingerprint density at radius 3 is 1.81 bits per heavy atom. The monoisotopic (exact) mass is 593 g/mol. The Morgan fingerprint density at radius 1 is 0.767 bits per heavy atom. The Bertz CT molecular complexity index is 1710. The maximum Gasteiger partial charge on any atom is 0.271 e. The van der Waals surface area contributed by atoms with E-state index in [4.69, 9.17) is 0 Å². The number of carbonyl (C=O) groups excluding carboxylic acids is 2. The zero-order valence-electron chi connectivity index (χ0n) is 24.5. The van der Waals surface area contributed by atoms with Crippen molar-refractivity contribution in [2.24, 2.45) is 0 Å². The van der Waals surface area contributed by atoms with Gasteiger partial charge in [-0.1, -0.05) is 86.3 Å². The van der Waals surface area contributed by atoms with Gasteiger partial charge in [0, 0.05) is 5.69 Å². The number of likely N-dealkylation sites (N-methyl/N-ethyl adjacent to an activating group) is 1. The number of anilines is 2. The van der Waals surface area contributed by atoms with Gasteiger partial charge in [-0.2, -0.15) is 4.31 Å². The van der Waals surface area contributed by atoms with Gasteiger partial charge in [-0.15, -0.1) is 0 Å². The van der Waals surface area contributed by atoms with E-state index >= 15 is 0 Å². The van der Waals surface area contributed by atoms with Crippen LogP contribution >= 0.6 is 0 Å². The van der Waals surface area contributed by atoms with Crippen LogP contribution in [0, 0.1) is 0 Å². The molecule has 0 spiro atoms. The average Bonchev–Trinajstić information content (AvgIpc) is 3.01. The van der Waals surface area contributed by atoms with Crippen molar-refractivity contribution in [2.45, 2.75) is 18.2 Å². The van der Waals surface area contributed by atoms with Gasteiger partial charge in [0.1, 0.15) is 0 Å². The highest BCUT2D eigenvalue weighted by molar-refractivity contribution is 7.93. The van der Waals surface area contributed by atoms with E-state index in [2.05, 4.69) is 31.0 Å². The number of carbonyl (C=O) groups is 2. The maximum absolute atomic E-state index is 13.7. The number of nitrogens with zero attached hydrogens (tertiary/aromatic N) is 2. The Labute approximate surface area is 253 Å². The van der Waals surface area contributed by atoms with Gasteiger partial charge in [0.2, 0.25) is 5.91 Å². The highest BCUT2D eigenvalue weighted by Crippen LogP contribution is 2.35. The molecule has 43 heavy (non-hydrogen) atoms. The van der Waals surface area contributed by atoms with Crippen molar-refractivity contribution in [1.82, 2.24) is 4.90 Å². The third-order valence-corrected chi connectivity index (χ3v) is 8.48. The van der Waals surface area contributed by atoms with Crippen LogP contribution in [-0.4, -0.2) is 45.8 Å². The molecule has 0 heterocycles. The van der Waals surface area contributed by atoms with E-state index in [-0.39, 0.29) is 23.0 Å². The number of allylic oxidation sites excluding steroid dienone is 1. The summed E-state index contributed by atoms with van der Waals surface area (Å²) in [5, 5.41) is 2.73. The van der Waals surface area contributed by atoms with Crippen LogP contribution in [0.15, 0.2) is 127 Å². The van der Waals surface area contributed by atoms with E-state index in [0.717, 1.165) is 44.6 Å². The number of hydrogen-bond acceptors (Lipinski definition) is 5. The molecule has 7 nitrogen and oxygen atoms in total. The van der Waals surface area contributed by atoms with Crippen LogP contribution in [0.3, 0.4) is 0 Å². The zero-order chi connectivity index (χ0) is 31.0. The summed E-state index contributed by atoms with van der Waals surface area (Å²) < 4.78 is 28.2. The Morgan fingerprint density at radius 2 is 1.30 bits per heavy atom. The predicted molar refractivity (Wildman–Crippen MR) is 174 cm³/mol. The fourth-order valence-electron chi connectivity index (χ4n) is 4.82. The summed E-state index contributed by atoms with van der Waals surface area (Å²) in [6.45, 7) is 5.81. The van der Waals surface area contributed by atoms with E-state index in [9.17, 15) is 18.0 Å². The van der Waals surface area contributed by atoms with E-state index in [1.165, 1.54) is 24.3 Å². The minimum absolute atomic E-state index is 0.0976. The molecule has 0 radical (unpaired) electrons. The van der Waals surface area contributed by atoms with Gasteiger partial charge in [0.15, 0.2) is 0 Å². The third kappa shape index (κ3) is 7.35. The standard InChI is InChI=1S/C35H35N3O4S/c1-5-32(26-13-9-7-10-14-26)35(27-15-11-8-12-16-27)28-17-21-30(22-18-28)38(34(40)6-2)43(41,42)31-23-19-29(20-24-31)36-33(39)25-37(3)4/h6-24H,2,5,25H2,1,3-4H3,(H,36,39). The second-order valence-electron chi connectivity index (χ2n) is 10.1. The van der Waals surface area contributed by atoms with Crippen LogP contribution in [0.4, 0.5) is 11.4 Å². The Hall–Kier alpha value is -4.79. The molecule has 1 N–H and O–H groups in total. The van der Waals surface area contributed by atoms with E-state index < -0.39 is 15.9 Å². The van der Waals surface area contributed by atoms with Crippen molar-refractivity contribution in [3.63, 3.8) is 0 Å². The SMILES string of the molecule is C=CC(=O)N(c1ccc(C(=C(CC)c2ccccc2)c2ccccc2)cc1)S(=O)(=O)c1ccc(NC(=O)CN(C)C)cc1. The molecular formula is C35H35N3O4S. The van der Waals surface area contributed by atoms with Gasteiger partial charge < -0.3 is 10.2 Å². The normalized spacial score (nSPS) is 11.9. The van der Waals surface area contributed by atoms with Crippen molar-refractivity contribution < 1.29 is 18.0 Å². The number of hydrogen-bond donors (Lipinski definition) is 1. The van der Waals surface area contributed by atoms with E-state index in [0.29, 0.717) is 5.69 Å². The molecule has 0 aliphatic heterocycles. The van der Waals surface area contributed by atoms with Gasteiger partial charge >= 0.3 is 0 Å².